The first-order valence-electron chi connectivity index (χ1n) is 7.21. The van der Waals surface area contributed by atoms with E-state index in [1.54, 1.807) is 0 Å². The smallest absolute Gasteiger partial charge is 0.231 e. The third-order valence-corrected chi connectivity index (χ3v) is 5.99. The Labute approximate surface area is 132 Å². The Bertz CT molecular complexity index is 483. The van der Waals surface area contributed by atoms with Crippen LogP contribution in [0.25, 0.3) is 0 Å². The molecule has 2 atom stereocenters. The fourth-order valence-corrected chi connectivity index (χ4v) is 4.60. The molecule has 0 bridgehead atoms. The zero-order valence-corrected chi connectivity index (χ0v) is 14.1. The maximum Gasteiger partial charge on any atom is 0.231 e. The summed E-state index contributed by atoms with van der Waals surface area (Å²) in [6, 6.07) is 4.72. The lowest BCUT2D eigenvalue weighted by molar-refractivity contribution is 0.174. The van der Waals surface area contributed by atoms with E-state index in [1.165, 1.54) is 30.6 Å². The molecule has 1 aliphatic heterocycles. The molecule has 2 aliphatic rings. The second-order valence-corrected chi connectivity index (χ2v) is 7.58. The van der Waals surface area contributed by atoms with E-state index >= 15 is 0 Å². The van der Waals surface area contributed by atoms with Crippen molar-refractivity contribution in [2.45, 2.75) is 44.0 Å². The average molecular weight is 358 g/mol. The van der Waals surface area contributed by atoms with Crippen molar-refractivity contribution in [3.05, 3.63) is 22.2 Å². The van der Waals surface area contributed by atoms with Crippen molar-refractivity contribution < 1.29 is 9.47 Å². The lowest BCUT2D eigenvalue weighted by Gasteiger charge is -2.20. The average Bonchev–Trinajstić information content (AvgIpc) is 3.05. The van der Waals surface area contributed by atoms with Crippen molar-refractivity contribution in [3.8, 4) is 11.5 Å². The molecule has 110 valence electrons. The van der Waals surface area contributed by atoms with Crippen LogP contribution in [0.5, 0.6) is 11.5 Å². The molecule has 5 heteroatoms. The van der Waals surface area contributed by atoms with Crippen molar-refractivity contribution in [1.82, 2.24) is 5.32 Å². The van der Waals surface area contributed by atoms with Crippen LogP contribution >= 0.6 is 27.7 Å². The van der Waals surface area contributed by atoms with E-state index in [2.05, 4.69) is 46.0 Å². The molecule has 1 fully saturated rings. The number of ether oxygens (including phenoxy) is 2. The molecule has 0 radical (unpaired) electrons. The predicted molar refractivity (Wildman–Crippen MR) is 86.7 cm³/mol. The summed E-state index contributed by atoms with van der Waals surface area (Å²) in [5.41, 5.74) is 1.24. The van der Waals surface area contributed by atoms with Crippen LogP contribution in [0.2, 0.25) is 0 Å². The van der Waals surface area contributed by atoms with Crippen molar-refractivity contribution in [3.63, 3.8) is 0 Å². The highest BCUT2D eigenvalue weighted by Crippen LogP contribution is 2.37. The Hall–Kier alpha value is -0.390. The summed E-state index contributed by atoms with van der Waals surface area (Å²) in [5, 5.41) is 4.49. The lowest BCUT2D eigenvalue weighted by atomic mass is 10.1. The van der Waals surface area contributed by atoms with Gasteiger partial charge < -0.3 is 14.8 Å². The minimum Gasteiger partial charge on any atom is -0.454 e. The van der Waals surface area contributed by atoms with Crippen molar-refractivity contribution >= 4 is 27.7 Å². The van der Waals surface area contributed by atoms with Crippen LogP contribution in [-0.2, 0) is 6.54 Å². The first kappa shape index (κ1) is 14.5. The maximum atomic E-state index is 5.45. The molecule has 1 aromatic rings. The quantitative estimate of drug-likeness (QED) is 0.864. The van der Waals surface area contributed by atoms with E-state index in [4.69, 9.17) is 9.47 Å². The summed E-state index contributed by atoms with van der Waals surface area (Å²) in [6.45, 7) is 3.45. The Balaban J connectivity index is 1.63. The fraction of sp³-hybridized carbons (Fsp3) is 0.600. The molecule has 0 amide bonds. The number of benzene rings is 1. The molecule has 1 N–H and O–H groups in total. The first-order chi connectivity index (χ1) is 9.78. The minimum absolute atomic E-state index is 0.330. The zero-order chi connectivity index (χ0) is 13.9. The number of halogens is 1. The molecule has 20 heavy (non-hydrogen) atoms. The third kappa shape index (κ3) is 3.10. The van der Waals surface area contributed by atoms with Gasteiger partial charge in [-0.1, -0.05) is 29.3 Å². The van der Waals surface area contributed by atoms with Crippen LogP contribution in [0, 0.1) is 0 Å². The fourth-order valence-electron chi connectivity index (χ4n) is 2.91. The normalized spacial score (nSPS) is 24.3. The van der Waals surface area contributed by atoms with Crippen LogP contribution in [0.3, 0.4) is 0 Å². The molecule has 0 saturated heterocycles. The Morgan fingerprint density at radius 1 is 1.30 bits per heavy atom. The third-order valence-electron chi connectivity index (χ3n) is 3.93. The number of thioether (sulfide) groups is 1. The summed E-state index contributed by atoms with van der Waals surface area (Å²) in [7, 11) is 0. The van der Waals surface area contributed by atoms with Gasteiger partial charge in [0.1, 0.15) is 0 Å². The molecule has 0 spiro atoms. The highest BCUT2D eigenvalue weighted by molar-refractivity contribution is 9.10. The van der Waals surface area contributed by atoms with Crippen molar-refractivity contribution in [1.29, 1.82) is 0 Å². The van der Waals surface area contributed by atoms with Gasteiger partial charge in [0.15, 0.2) is 11.5 Å². The highest BCUT2D eigenvalue weighted by atomic mass is 79.9. The van der Waals surface area contributed by atoms with Gasteiger partial charge in [-0.3, -0.25) is 0 Å². The number of nitrogens with one attached hydrogen (secondary N) is 1. The SMILES string of the molecule is CCSC1CCCC1NCc1cc2c(cc1Br)OCO2. The molecule has 1 saturated carbocycles. The minimum atomic E-state index is 0.330. The van der Waals surface area contributed by atoms with E-state index in [-0.39, 0.29) is 0 Å². The van der Waals surface area contributed by atoms with Gasteiger partial charge in [-0.15, -0.1) is 0 Å². The molecule has 1 aromatic carbocycles. The maximum absolute atomic E-state index is 5.45. The lowest BCUT2D eigenvalue weighted by Crippen LogP contribution is -2.33. The van der Waals surface area contributed by atoms with Crippen molar-refractivity contribution in [2.75, 3.05) is 12.5 Å². The van der Waals surface area contributed by atoms with Crippen LogP contribution in [-0.4, -0.2) is 23.8 Å². The summed E-state index contributed by atoms with van der Waals surface area (Å²) in [4.78, 5) is 0. The van der Waals surface area contributed by atoms with Gasteiger partial charge in [0.25, 0.3) is 0 Å². The molecule has 3 rings (SSSR count). The Kier molecular flexibility index (Phi) is 4.79. The van der Waals surface area contributed by atoms with Crippen LogP contribution in [0.15, 0.2) is 16.6 Å². The standard InChI is InChI=1S/C15H20BrNO2S/c1-2-20-15-5-3-4-12(15)17-8-10-6-13-14(7-11(10)16)19-9-18-13/h6-7,12,15,17H,2-5,8-9H2,1H3. The second kappa shape index (κ2) is 6.58. The number of rotatable bonds is 5. The first-order valence-corrected chi connectivity index (χ1v) is 9.05. The Morgan fingerprint density at radius 3 is 2.90 bits per heavy atom. The monoisotopic (exact) mass is 357 g/mol. The van der Waals surface area contributed by atoms with E-state index in [0.717, 1.165) is 27.8 Å². The van der Waals surface area contributed by atoms with Gasteiger partial charge >= 0.3 is 0 Å². The van der Waals surface area contributed by atoms with E-state index in [1.807, 2.05) is 6.07 Å². The topological polar surface area (TPSA) is 30.5 Å². The summed E-state index contributed by atoms with van der Waals surface area (Å²) in [5.74, 6) is 2.90. The van der Waals surface area contributed by atoms with E-state index in [9.17, 15) is 0 Å². The van der Waals surface area contributed by atoms with E-state index < -0.39 is 0 Å². The summed E-state index contributed by atoms with van der Waals surface area (Å²) in [6.07, 6.45) is 3.98. The predicted octanol–water partition coefficient (Wildman–Crippen LogP) is 3.94. The molecule has 3 nitrogen and oxygen atoms in total. The van der Waals surface area contributed by atoms with Crippen LogP contribution in [0.4, 0.5) is 0 Å². The van der Waals surface area contributed by atoms with Crippen molar-refractivity contribution in [2.24, 2.45) is 0 Å². The highest BCUT2D eigenvalue weighted by Gasteiger charge is 2.27. The van der Waals surface area contributed by atoms with Gasteiger partial charge in [-0.25, -0.2) is 0 Å². The van der Waals surface area contributed by atoms with Gasteiger partial charge in [-0.05, 0) is 36.3 Å². The molecule has 0 aromatic heterocycles. The van der Waals surface area contributed by atoms with Gasteiger partial charge in [-0.2, -0.15) is 11.8 Å². The number of hydrogen-bond donors (Lipinski definition) is 1. The zero-order valence-electron chi connectivity index (χ0n) is 11.7. The summed E-state index contributed by atoms with van der Waals surface area (Å²) >= 11 is 5.71. The van der Waals surface area contributed by atoms with Crippen LogP contribution < -0.4 is 14.8 Å². The second-order valence-electron chi connectivity index (χ2n) is 5.21. The summed E-state index contributed by atoms with van der Waals surface area (Å²) < 4.78 is 11.9. The van der Waals surface area contributed by atoms with Gasteiger partial charge in [0.05, 0.1) is 0 Å². The molecular weight excluding hydrogens is 338 g/mol. The van der Waals surface area contributed by atoms with E-state index in [0.29, 0.717) is 12.8 Å². The molecule has 2 unspecified atom stereocenters. The van der Waals surface area contributed by atoms with Gasteiger partial charge in [0.2, 0.25) is 6.79 Å². The largest absolute Gasteiger partial charge is 0.454 e. The Morgan fingerprint density at radius 2 is 2.10 bits per heavy atom. The molecule has 1 aliphatic carbocycles. The molecule has 1 heterocycles. The van der Waals surface area contributed by atoms with Gasteiger partial charge in [0, 0.05) is 22.3 Å². The van der Waals surface area contributed by atoms with Crippen LogP contribution in [0.1, 0.15) is 31.7 Å². The number of hydrogen-bond acceptors (Lipinski definition) is 4. The number of fused-ring (bicyclic) bond motifs is 1. The molecular formula is C15H20BrNO2S.